The summed E-state index contributed by atoms with van der Waals surface area (Å²) in [5.74, 6) is -0.399. The van der Waals surface area contributed by atoms with Crippen LogP contribution in [0.3, 0.4) is 0 Å². The molecule has 0 saturated carbocycles. The molecule has 1 aromatic rings. The van der Waals surface area contributed by atoms with Gasteiger partial charge in [0, 0.05) is 12.7 Å². The standard InChI is InChI=1S/C10H13NO3/c1-7-5-8(14-6-10(12)13)3-4-9(7)11-2/h3-5,11H,6H2,1-2H3,(H,12,13). The van der Waals surface area contributed by atoms with Crippen molar-refractivity contribution in [3.63, 3.8) is 0 Å². The van der Waals surface area contributed by atoms with Crippen LogP contribution < -0.4 is 10.1 Å². The summed E-state index contributed by atoms with van der Waals surface area (Å²) in [5.41, 5.74) is 2.03. The first-order chi connectivity index (χ1) is 6.63. The van der Waals surface area contributed by atoms with Crippen LogP contribution in [0.5, 0.6) is 5.75 Å². The summed E-state index contributed by atoms with van der Waals surface area (Å²) in [7, 11) is 1.83. The van der Waals surface area contributed by atoms with Gasteiger partial charge in [0.25, 0.3) is 0 Å². The maximum absolute atomic E-state index is 10.2. The van der Waals surface area contributed by atoms with E-state index >= 15 is 0 Å². The zero-order chi connectivity index (χ0) is 10.6. The molecule has 0 aliphatic rings. The molecule has 4 heteroatoms. The van der Waals surface area contributed by atoms with Crippen LogP contribution in [0.2, 0.25) is 0 Å². The molecule has 2 N–H and O–H groups in total. The number of aliphatic carboxylic acids is 1. The molecule has 76 valence electrons. The molecule has 0 heterocycles. The van der Waals surface area contributed by atoms with Crippen LogP contribution in [0.15, 0.2) is 18.2 Å². The quantitative estimate of drug-likeness (QED) is 0.764. The van der Waals surface area contributed by atoms with E-state index in [1.54, 1.807) is 12.1 Å². The van der Waals surface area contributed by atoms with Gasteiger partial charge in [-0.05, 0) is 30.7 Å². The minimum absolute atomic E-state index is 0.307. The normalized spacial score (nSPS) is 9.57. The molecule has 1 aromatic carbocycles. The van der Waals surface area contributed by atoms with Crippen LogP contribution in [0.4, 0.5) is 5.69 Å². The first-order valence-corrected chi connectivity index (χ1v) is 4.26. The van der Waals surface area contributed by atoms with Crippen LogP contribution in [0, 0.1) is 6.92 Å². The zero-order valence-corrected chi connectivity index (χ0v) is 8.20. The SMILES string of the molecule is CNc1ccc(OCC(=O)O)cc1C. The summed E-state index contributed by atoms with van der Waals surface area (Å²) in [6.45, 7) is 1.62. The predicted octanol–water partition coefficient (Wildman–Crippen LogP) is 1.50. The third kappa shape index (κ3) is 2.65. The van der Waals surface area contributed by atoms with Gasteiger partial charge >= 0.3 is 5.97 Å². The molecule has 0 saturated heterocycles. The van der Waals surface area contributed by atoms with E-state index in [1.165, 1.54) is 0 Å². The Hall–Kier alpha value is -1.71. The fourth-order valence-electron chi connectivity index (χ4n) is 1.15. The number of hydrogen-bond donors (Lipinski definition) is 2. The van der Waals surface area contributed by atoms with Gasteiger partial charge in [-0.1, -0.05) is 0 Å². The number of hydrogen-bond acceptors (Lipinski definition) is 3. The third-order valence-electron chi connectivity index (χ3n) is 1.83. The Bertz CT molecular complexity index is 336. The summed E-state index contributed by atoms with van der Waals surface area (Å²) < 4.78 is 5.02. The molecule has 0 fully saturated rings. The second-order valence-corrected chi connectivity index (χ2v) is 2.91. The van der Waals surface area contributed by atoms with Crippen molar-refractivity contribution in [2.45, 2.75) is 6.92 Å². The minimum atomic E-state index is -0.972. The van der Waals surface area contributed by atoms with Gasteiger partial charge in [-0.15, -0.1) is 0 Å². The predicted molar refractivity (Wildman–Crippen MR) is 53.9 cm³/mol. The van der Waals surface area contributed by atoms with Crippen molar-refractivity contribution in [2.24, 2.45) is 0 Å². The molecular weight excluding hydrogens is 182 g/mol. The largest absolute Gasteiger partial charge is 0.482 e. The highest BCUT2D eigenvalue weighted by atomic mass is 16.5. The molecule has 0 radical (unpaired) electrons. The Labute approximate surface area is 82.5 Å². The Kier molecular flexibility index (Phi) is 3.34. The number of nitrogens with one attached hydrogen (secondary N) is 1. The third-order valence-corrected chi connectivity index (χ3v) is 1.83. The molecule has 0 amide bonds. The van der Waals surface area contributed by atoms with Gasteiger partial charge < -0.3 is 15.2 Å². The van der Waals surface area contributed by atoms with E-state index in [-0.39, 0.29) is 6.61 Å². The number of rotatable bonds is 4. The number of anilines is 1. The van der Waals surface area contributed by atoms with Crippen molar-refractivity contribution >= 4 is 11.7 Å². The van der Waals surface area contributed by atoms with Crippen LogP contribution in [-0.4, -0.2) is 24.7 Å². The maximum atomic E-state index is 10.2. The highest BCUT2D eigenvalue weighted by molar-refractivity contribution is 5.68. The number of carboxylic acids is 1. The van der Waals surface area contributed by atoms with Gasteiger partial charge in [0.15, 0.2) is 6.61 Å². The number of carboxylic acid groups (broad SMARTS) is 1. The van der Waals surface area contributed by atoms with Crippen LogP contribution >= 0.6 is 0 Å². The Morgan fingerprint density at radius 3 is 2.79 bits per heavy atom. The van der Waals surface area contributed by atoms with Gasteiger partial charge in [-0.2, -0.15) is 0 Å². The van der Waals surface area contributed by atoms with Gasteiger partial charge in [0.05, 0.1) is 0 Å². The Morgan fingerprint density at radius 2 is 2.29 bits per heavy atom. The number of benzene rings is 1. The zero-order valence-electron chi connectivity index (χ0n) is 8.20. The molecule has 14 heavy (non-hydrogen) atoms. The first-order valence-electron chi connectivity index (χ1n) is 4.26. The Morgan fingerprint density at radius 1 is 1.57 bits per heavy atom. The van der Waals surface area contributed by atoms with Crippen LogP contribution in [0.1, 0.15) is 5.56 Å². The lowest BCUT2D eigenvalue weighted by Gasteiger charge is -2.08. The fourth-order valence-corrected chi connectivity index (χ4v) is 1.15. The maximum Gasteiger partial charge on any atom is 0.341 e. The number of ether oxygens (including phenoxy) is 1. The number of aryl methyl sites for hydroxylation is 1. The molecular formula is C10H13NO3. The summed E-state index contributed by atoms with van der Waals surface area (Å²) >= 11 is 0. The van der Waals surface area contributed by atoms with E-state index in [2.05, 4.69) is 5.32 Å². The van der Waals surface area contributed by atoms with Crippen molar-refractivity contribution in [3.8, 4) is 5.75 Å². The lowest BCUT2D eigenvalue weighted by molar-refractivity contribution is -0.139. The molecule has 0 aliphatic heterocycles. The summed E-state index contributed by atoms with van der Waals surface area (Å²) in [6, 6.07) is 5.39. The van der Waals surface area contributed by atoms with Gasteiger partial charge in [-0.25, -0.2) is 4.79 Å². The van der Waals surface area contributed by atoms with E-state index in [4.69, 9.17) is 9.84 Å². The van der Waals surface area contributed by atoms with Crippen molar-refractivity contribution in [2.75, 3.05) is 19.0 Å². The summed E-state index contributed by atoms with van der Waals surface area (Å²) in [6.07, 6.45) is 0. The highest BCUT2D eigenvalue weighted by Crippen LogP contribution is 2.20. The molecule has 0 bridgehead atoms. The van der Waals surface area contributed by atoms with E-state index < -0.39 is 5.97 Å². The lowest BCUT2D eigenvalue weighted by atomic mass is 10.2. The lowest BCUT2D eigenvalue weighted by Crippen LogP contribution is -2.09. The second kappa shape index (κ2) is 4.50. The Balaban J connectivity index is 2.71. The molecule has 0 atom stereocenters. The average molecular weight is 195 g/mol. The van der Waals surface area contributed by atoms with Crippen molar-refractivity contribution in [1.82, 2.24) is 0 Å². The highest BCUT2D eigenvalue weighted by Gasteiger charge is 2.01. The van der Waals surface area contributed by atoms with Crippen molar-refractivity contribution in [3.05, 3.63) is 23.8 Å². The van der Waals surface area contributed by atoms with Gasteiger partial charge in [0.1, 0.15) is 5.75 Å². The molecule has 0 aromatic heterocycles. The summed E-state index contributed by atoms with van der Waals surface area (Å²) in [4.78, 5) is 10.2. The number of carbonyl (C=O) groups is 1. The molecule has 0 unspecified atom stereocenters. The second-order valence-electron chi connectivity index (χ2n) is 2.91. The summed E-state index contributed by atoms with van der Waals surface area (Å²) in [5, 5.41) is 11.4. The molecule has 0 aliphatic carbocycles. The van der Waals surface area contributed by atoms with Crippen LogP contribution in [0.25, 0.3) is 0 Å². The molecule has 0 spiro atoms. The van der Waals surface area contributed by atoms with E-state index in [0.29, 0.717) is 5.75 Å². The van der Waals surface area contributed by atoms with Crippen LogP contribution in [-0.2, 0) is 4.79 Å². The monoisotopic (exact) mass is 195 g/mol. The first kappa shape index (κ1) is 10.4. The molecule has 4 nitrogen and oxygen atoms in total. The fraction of sp³-hybridized carbons (Fsp3) is 0.300. The smallest absolute Gasteiger partial charge is 0.341 e. The average Bonchev–Trinajstić information content (AvgIpc) is 2.15. The van der Waals surface area contributed by atoms with E-state index in [0.717, 1.165) is 11.3 Å². The van der Waals surface area contributed by atoms with Gasteiger partial charge in [-0.3, -0.25) is 0 Å². The van der Waals surface area contributed by atoms with E-state index in [9.17, 15) is 4.79 Å². The molecule has 1 rings (SSSR count). The van der Waals surface area contributed by atoms with E-state index in [1.807, 2.05) is 20.0 Å². The minimum Gasteiger partial charge on any atom is -0.482 e. The topological polar surface area (TPSA) is 58.6 Å². The van der Waals surface area contributed by atoms with Gasteiger partial charge in [0.2, 0.25) is 0 Å². The van der Waals surface area contributed by atoms with Crippen molar-refractivity contribution in [1.29, 1.82) is 0 Å². The van der Waals surface area contributed by atoms with Crippen molar-refractivity contribution < 1.29 is 14.6 Å².